The van der Waals surface area contributed by atoms with Crippen LogP contribution in [0.1, 0.15) is 56.2 Å². The molecule has 248 valence electrons. The van der Waals surface area contributed by atoms with Gasteiger partial charge in [0, 0.05) is 41.9 Å². The van der Waals surface area contributed by atoms with Crippen LogP contribution in [-0.4, -0.2) is 39.8 Å². The van der Waals surface area contributed by atoms with E-state index in [1.165, 1.54) is 5.56 Å². The van der Waals surface area contributed by atoms with Crippen LogP contribution in [0.4, 0.5) is 26.8 Å². The summed E-state index contributed by atoms with van der Waals surface area (Å²) in [5, 5.41) is 13.8. The first kappa shape index (κ1) is 32.6. The Morgan fingerprint density at radius 1 is 0.854 bits per heavy atom. The number of anilines is 3. The molecule has 0 bridgehead atoms. The van der Waals surface area contributed by atoms with Crippen LogP contribution in [0, 0.1) is 19.8 Å². The molecule has 9 heteroatoms. The lowest BCUT2D eigenvalue weighted by Gasteiger charge is -2.32. The first-order valence-electron chi connectivity index (χ1n) is 16.6. The number of amides is 4. The number of urea groups is 2. The number of aryl methyl sites for hydroxylation is 2. The van der Waals surface area contributed by atoms with E-state index < -0.39 is 0 Å². The quantitative estimate of drug-likeness (QED) is 0.164. The van der Waals surface area contributed by atoms with E-state index in [4.69, 9.17) is 9.52 Å². The zero-order chi connectivity index (χ0) is 33.8. The molecule has 1 fully saturated rings. The molecule has 1 saturated heterocycles. The summed E-state index contributed by atoms with van der Waals surface area (Å²) in [5.74, 6) is 2.52. The van der Waals surface area contributed by atoms with Gasteiger partial charge in [0.15, 0.2) is 0 Å². The van der Waals surface area contributed by atoms with Gasteiger partial charge in [-0.05, 0) is 68.9 Å². The minimum absolute atomic E-state index is 0.0952. The maximum absolute atomic E-state index is 13.1. The highest BCUT2D eigenvalue weighted by atomic mass is 16.3. The number of carbonyl (C=O) groups excluding carboxylic acids is 2. The Hall–Kier alpha value is -5.31. The molecule has 0 atom stereocenters. The van der Waals surface area contributed by atoms with Crippen LogP contribution in [0.5, 0.6) is 0 Å². The lowest BCUT2D eigenvalue weighted by Crippen LogP contribution is -2.41. The van der Waals surface area contributed by atoms with Crippen molar-refractivity contribution in [1.29, 1.82) is 0 Å². The molecule has 1 aliphatic rings. The van der Waals surface area contributed by atoms with Crippen LogP contribution in [0.2, 0.25) is 0 Å². The summed E-state index contributed by atoms with van der Waals surface area (Å²) in [5.41, 5.74) is 6.36. The van der Waals surface area contributed by atoms with E-state index in [-0.39, 0.29) is 17.5 Å². The van der Waals surface area contributed by atoms with E-state index in [1.54, 1.807) is 4.68 Å². The molecule has 0 aliphatic carbocycles. The summed E-state index contributed by atoms with van der Waals surface area (Å²) in [6.45, 7) is 11.6. The number of furan rings is 1. The van der Waals surface area contributed by atoms with Crippen molar-refractivity contribution in [3.8, 4) is 17.0 Å². The molecule has 6 rings (SSSR count). The number of aromatic nitrogens is 2. The summed E-state index contributed by atoms with van der Waals surface area (Å²) >= 11 is 0. The fraction of sp³-hybridized carbons (Fsp3) is 0.308. The highest BCUT2D eigenvalue weighted by Crippen LogP contribution is 2.30. The van der Waals surface area contributed by atoms with Crippen molar-refractivity contribution in [3.63, 3.8) is 0 Å². The third-order valence-corrected chi connectivity index (χ3v) is 8.85. The van der Waals surface area contributed by atoms with E-state index in [1.807, 2.05) is 97.6 Å². The molecule has 1 aliphatic heterocycles. The average Bonchev–Trinajstić information content (AvgIpc) is 3.66. The van der Waals surface area contributed by atoms with Gasteiger partial charge in [-0.3, -0.25) is 5.32 Å². The Morgan fingerprint density at radius 3 is 2.21 bits per heavy atom. The summed E-state index contributed by atoms with van der Waals surface area (Å²) in [4.78, 5) is 28.0. The van der Waals surface area contributed by atoms with Gasteiger partial charge in [-0.15, -0.1) is 0 Å². The Labute approximate surface area is 282 Å². The number of piperidine rings is 1. The van der Waals surface area contributed by atoms with Crippen molar-refractivity contribution in [2.75, 3.05) is 29.0 Å². The molecule has 48 heavy (non-hydrogen) atoms. The molecular weight excluding hydrogens is 600 g/mol. The largest absolute Gasteiger partial charge is 0.459 e. The maximum Gasteiger partial charge on any atom is 0.324 e. The van der Waals surface area contributed by atoms with Crippen LogP contribution in [-0.2, 0) is 11.8 Å². The second-order valence-corrected chi connectivity index (χ2v) is 13.7. The Balaban J connectivity index is 0.998. The van der Waals surface area contributed by atoms with Gasteiger partial charge in [0.1, 0.15) is 17.3 Å². The number of carbonyl (C=O) groups is 2. The molecule has 0 unspecified atom stereocenters. The number of nitrogens with zero attached hydrogens (tertiary/aromatic N) is 3. The molecule has 3 heterocycles. The number of rotatable bonds is 7. The van der Waals surface area contributed by atoms with Crippen LogP contribution >= 0.6 is 0 Å². The summed E-state index contributed by atoms with van der Waals surface area (Å²) in [6, 6.07) is 29.3. The van der Waals surface area contributed by atoms with E-state index in [9.17, 15) is 9.59 Å². The van der Waals surface area contributed by atoms with Gasteiger partial charge in [0.05, 0.1) is 17.1 Å². The van der Waals surface area contributed by atoms with Crippen LogP contribution in [0.3, 0.4) is 0 Å². The molecule has 2 aromatic heterocycles. The van der Waals surface area contributed by atoms with E-state index in [0.29, 0.717) is 42.0 Å². The fourth-order valence-electron chi connectivity index (χ4n) is 5.94. The normalized spacial score (nSPS) is 13.7. The smallest absolute Gasteiger partial charge is 0.324 e. The Morgan fingerprint density at radius 2 is 1.54 bits per heavy atom. The van der Waals surface area contributed by atoms with Gasteiger partial charge in [0.25, 0.3) is 0 Å². The molecule has 4 amide bonds. The number of hydrogen-bond donors (Lipinski definition) is 3. The predicted octanol–water partition coefficient (Wildman–Crippen LogP) is 9.18. The van der Waals surface area contributed by atoms with Crippen LogP contribution in [0.15, 0.2) is 95.4 Å². The van der Waals surface area contributed by atoms with Crippen LogP contribution in [0.25, 0.3) is 17.0 Å². The van der Waals surface area contributed by atoms with Gasteiger partial charge in [0.2, 0.25) is 0 Å². The predicted molar refractivity (Wildman–Crippen MR) is 192 cm³/mol. The van der Waals surface area contributed by atoms with Crippen molar-refractivity contribution in [1.82, 2.24) is 14.7 Å². The minimum Gasteiger partial charge on any atom is -0.459 e. The van der Waals surface area contributed by atoms with Gasteiger partial charge in [-0.1, -0.05) is 80.9 Å². The second kappa shape index (κ2) is 13.8. The van der Waals surface area contributed by atoms with E-state index >= 15 is 0 Å². The monoisotopic (exact) mass is 644 g/mol. The maximum atomic E-state index is 13.1. The van der Waals surface area contributed by atoms with Crippen molar-refractivity contribution in [2.45, 2.75) is 59.3 Å². The summed E-state index contributed by atoms with van der Waals surface area (Å²) in [6.07, 6.45) is 2.79. The Bertz CT molecular complexity index is 1860. The molecule has 5 aromatic rings. The number of benzene rings is 3. The highest BCUT2D eigenvalue weighted by Gasteiger charge is 2.25. The molecule has 0 saturated carbocycles. The SMILES string of the molecule is Cc1ccc(-n2nc(C(C)(C)C)cc2NC(=O)Nc2ccc(CC3CCN(C(=O)Nc4cc(-c5ccccc5)oc4C)CC3)cc2)cc1. The fourth-order valence-corrected chi connectivity index (χ4v) is 5.94. The standard InChI is InChI=1S/C39H44N6O3/c1-26-11-17-32(18-12-26)45-36(25-35(43-45)39(3,4)5)42-37(46)40-31-15-13-28(14-16-31)23-29-19-21-44(22-20-29)38(47)41-33-24-34(48-27(33)2)30-9-7-6-8-10-30/h6-18,24-25,29H,19-23H2,1-5H3,(H,41,47)(H2,40,42,46). The van der Waals surface area contributed by atoms with Crippen molar-refractivity contribution in [3.05, 3.63) is 114 Å². The average molecular weight is 645 g/mol. The lowest BCUT2D eigenvalue weighted by molar-refractivity contribution is 0.182. The van der Waals surface area contributed by atoms with Crippen LogP contribution < -0.4 is 16.0 Å². The zero-order valence-corrected chi connectivity index (χ0v) is 28.3. The second-order valence-electron chi connectivity index (χ2n) is 13.7. The molecule has 3 aromatic carbocycles. The third kappa shape index (κ3) is 7.79. The van der Waals surface area contributed by atoms with Gasteiger partial charge in [-0.25, -0.2) is 14.3 Å². The third-order valence-electron chi connectivity index (χ3n) is 8.85. The Kier molecular flexibility index (Phi) is 9.39. The van der Waals surface area contributed by atoms with Crippen molar-refractivity contribution < 1.29 is 14.0 Å². The number of hydrogen-bond acceptors (Lipinski definition) is 4. The molecule has 3 N–H and O–H groups in total. The number of nitrogens with one attached hydrogen (secondary N) is 3. The van der Waals surface area contributed by atoms with Crippen molar-refractivity contribution in [2.24, 2.45) is 5.92 Å². The lowest BCUT2D eigenvalue weighted by atomic mass is 9.90. The van der Waals surface area contributed by atoms with Crippen molar-refractivity contribution >= 4 is 29.3 Å². The molecule has 0 radical (unpaired) electrons. The first-order valence-corrected chi connectivity index (χ1v) is 16.6. The van der Waals surface area contributed by atoms with Gasteiger partial charge < -0.3 is 20.0 Å². The molecule has 9 nitrogen and oxygen atoms in total. The summed E-state index contributed by atoms with van der Waals surface area (Å²) in [7, 11) is 0. The van der Waals surface area contributed by atoms with E-state index in [0.717, 1.165) is 47.5 Å². The highest BCUT2D eigenvalue weighted by molar-refractivity contribution is 5.99. The van der Waals surface area contributed by atoms with Gasteiger partial charge in [-0.2, -0.15) is 5.10 Å². The van der Waals surface area contributed by atoms with Gasteiger partial charge >= 0.3 is 12.1 Å². The zero-order valence-electron chi connectivity index (χ0n) is 28.3. The number of likely N-dealkylation sites (tertiary alicyclic amines) is 1. The first-order chi connectivity index (χ1) is 23.0. The molecule has 0 spiro atoms. The van der Waals surface area contributed by atoms with E-state index in [2.05, 4.69) is 48.9 Å². The summed E-state index contributed by atoms with van der Waals surface area (Å²) < 4.78 is 7.68. The minimum atomic E-state index is -0.330. The topological polar surface area (TPSA) is 104 Å². The molecular formula is C39H44N6O3.